The van der Waals surface area contributed by atoms with Crippen molar-refractivity contribution in [3.05, 3.63) is 95.8 Å². The molecule has 3 aromatic rings. The van der Waals surface area contributed by atoms with Crippen molar-refractivity contribution in [3.63, 3.8) is 0 Å². The molecule has 0 saturated carbocycles. The summed E-state index contributed by atoms with van der Waals surface area (Å²) in [6.07, 6.45) is 4.15. The van der Waals surface area contributed by atoms with E-state index in [0.717, 1.165) is 22.4 Å². The van der Waals surface area contributed by atoms with Gasteiger partial charge >= 0.3 is 0 Å². The van der Waals surface area contributed by atoms with Crippen molar-refractivity contribution in [2.24, 2.45) is 0 Å². The molecular formula is C22H22N2O2. The summed E-state index contributed by atoms with van der Waals surface area (Å²) < 4.78 is 5.16. The highest BCUT2D eigenvalue weighted by Gasteiger charge is 2.20. The zero-order valence-electron chi connectivity index (χ0n) is 14.8. The Morgan fingerprint density at radius 2 is 1.65 bits per heavy atom. The maximum Gasteiger partial charge on any atom is 0.228 e. The van der Waals surface area contributed by atoms with E-state index >= 15 is 0 Å². The molecule has 1 N–H and O–H groups in total. The van der Waals surface area contributed by atoms with Gasteiger partial charge in [-0.2, -0.15) is 0 Å². The van der Waals surface area contributed by atoms with Crippen molar-refractivity contribution in [2.45, 2.75) is 18.9 Å². The normalized spacial score (nSPS) is 11.6. The van der Waals surface area contributed by atoms with Gasteiger partial charge in [-0.1, -0.05) is 42.5 Å². The summed E-state index contributed by atoms with van der Waals surface area (Å²) in [5.41, 5.74) is 3.14. The molecule has 0 aliphatic heterocycles. The largest absolute Gasteiger partial charge is 0.497 e. The van der Waals surface area contributed by atoms with Crippen molar-refractivity contribution >= 4 is 5.91 Å². The second-order valence-corrected chi connectivity index (χ2v) is 6.09. The summed E-state index contributed by atoms with van der Waals surface area (Å²) in [6.45, 7) is 0.489. The molecular weight excluding hydrogens is 324 g/mol. The molecule has 3 rings (SSSR count). The van der Waals surface area contributed by atoms with Crippen LogP contribution in [0.15, 0.2) is 79.1 Å². The van der Waals surface area contributed by atoms with E-state index in [1.165, 1.54) is 0 Å². The maximum atomic E-state index is 12.9. The Balaban J connectivity index is 1.71. The predicted octanol–water partition coefficient (Wildman–Crippen LogP) is 3.73. The van der Waals surface area contributed by atoms with E-state index in [9.17, 15) is 4.79 Å². The van der Waals surface area contributed by atoms with Gasteiger partial charge in [-0.3, -0.25) is 9.78 Å². The number of nitrogens with one attached hydrogen (secondary N) is 1. The van der Waals surface area contributed by atoms with E-state index in [1.807, 2.05) is 66.7 Å². The van der Waals surface area contributed by atoms with Gasteiger partial charge in [-0.15, -0.1) is 0 Å². The molecule has 1 aromatic heterocycles. The highest BCUT2D eigenvalue weighted by Crippen LogP contribution is 2.21. The van der Waals surface area contributed by atoms with E-state index in [-0.39, 0.29) is 11.8 Å². The lowest BCUT2D eigenvalue weighted by molar-refractivity contribution is -0.122. The molecule has 0 spiro atoms. The Hall–Kier alpha value is -3.14. The van der Waals surface area contributed by atoms with Gasteiger partial charge in [0, 0.05) is 18.9 Å². The average Bonchev–Trinajstić information content (AvgIpc) is 2.72. The molecule has 132 valence electrons. The molecule has 0 aliphatic rings. The molecule has 0 fully saturated rings. The van der Waals surface area contributed by atoms with E-state index in [4.69, 9.17) is 4.74 Å². The van der Waals surface area contributed by atoms with Gasteiger partial charge in [-0.05, 0) is 47.4 Å². The monoisotopic (exact) mass is 346 g/mol. The lowest BCUT2D eigenvalue weighted by atomic mass is 9.91. The van der Waals surface area contributed by atoms with Gasteiger partial charge < -0.3 is 10.1 Å². The Morgan fingerprint density at radius 1 is 0.962 bits per heavy atom. The van der Waals surface area contributed by atoms with Gasteiger partial charge in [-0.25, -0.2) is 0 Å². The molecule has 0 radical (unpaired) electrons. The highest BCUT2D eigenvalue weighted by atomic mass is 16.5. The van der Waals surface area contributed by atoms with E-state index in [1.54, 1.807) is 19.5 Å². The number of rotatable bonds is 7. The Labute approximate surface area is 153 Å². The first-order chi connectivity index (χ1) is 12.8. The molecule has 1 atom stereocenters. The van der Waals surface area contributed by atoms with Crippen LogP contribution in [0, 0.1) is 0 Å². The van der Waals surface area contributed by atoms with Gasteiger partial charge in [0.05, 0.1) is 13.0 Å². The smallest absolute Gasteiger partial charge is 0.228 e. The molecule has 1 amide bonds. The number of carbonyl (C=O) groups is 1. The minimum absolute atomic E-state index is 0.0174. The molecule has 4 heteroatoms. The highest BCUT2D eigenvalue weighted by molar-refractivity contribution is 5.84. The Morgan fingerprint density at radius 3 is 2.31 bits per heavy atom. The van der Waals surface area contributed by atoms with Crippen LogP contribution in [-0.4, -0.2) is 18.0 Å². The number of ether oxygens (including phenoxy) is 1. The minimum Gasteiger partial charge on any atom is -0.497 e. The number of nitrogens with zero attached hydrogens (tertiary/aromatic N) is 1. The first kappa shape index (κ1) is 17.7. The number of pyridine rings is 1. The van der Waals surface area contributed by atoms with Gasteiger partial charge in [0.1, 0.15) is 5.75 Å². The van der Waals surface area contributed by atoms with Crippen LogP contribution in [0.5, 0.6) is 5.75 Å². The van der Waals surface area contributed by atoms with Crippen molar-refractivity contribution in [1.82, 2.24) is 10.3 Å². The lowest BCUT2D eigenvalue weighted by Gasteiger charge is -2.17. The van der Waals surface area contributed by atoms with E-state index < -0.39 is 0 Å². The maximum absolute atomic E-state index is 12.9. The second-order valence-electron chi connectivity index (χ2n) is 6.09. The lowest BCUT2D eigenvalue weighted by Crippen LogP contribution is -2.30. The van der Waals surface area contributed by atoms with E-state index in [0.29, 0.717) is 13.0 Å². The zero-order chi connectivity index (χ0) is 18.2. The Bertz CT molecular complexity index is 818. The predicted molar refractivity (Wildman–Crippen MR) is 102 cm³/mol. The fraction of sp³-hybridized carbons (Fsp3) is 0.182. The molecule has 2 aromatic carbocycles. The fourth-order valence-electron chi connectivity index (χ4n) is 2.86. The summed E-state index contributed by atoms with van der Waals surface area (Å²) >= 11 is 0. The van der Waals surface area contributed by atoms with Crippen LogP contribution in [0.3, 0.4) is 0 Å². The van der Waals surface area contributed by atoms with Crippen LogP contribution in [-0.2, 0) is 17.8 Å². The second kappa shape index (κ2) is 8.81. The summed E-state index contributed by atoms with van der Waals surface area (Å²) in [5.74, 6) is 0.584. The third kappa shape index (κ3) is 4.70. The number of methoxy groups -OCH3 is 1. The van der Waals surface area contributed by atoms with Gasteiger partial charge in [0.2, 0.25) is 5.91 Å². The molecule has 1 unspecified atom stereocenters. The first-order valence-electron chi connectivity index (χ1n) is 8.61. The third-order valence-corrected chi connectivity index (χ3v) is 4.33. The van der Waals surface area contributed by atoms with Gasteiger partial charge in [0.25, 0.3) is 0 Å². The quantitative estimate of drug-likeness (QED) is 0.709. The molecule has 26 heavy (non-hydrogen) atoms. The number of hydrogen-bond acceptors (Lipinski definition) is 3. The number of benzene rings is 2. The zero-order valence-corrected chi connectivity index (χ0v) is 14.8. The van der Waals surface area contributed by atoms with Crippen molar-refractivity contribution < 1.29 is 9.53 Å². The van der Waals surface area contributed by atoms with Crippen molar-refractivity contribution in [3.8, 4) is 5.75 Å². The first-order valence-corrected chi connectivity index (χ1v) is 8.61. The topological polar surface area (TPSA) is 51.2 Å². The average molecular weight is 346 g/mol. The molecule has 0 aliphatic carbocycles. The number of aromatic nitrogens is 1. The van der Waals surface area contributed by atoms with Crippen molar-refractivity contribution in [1.29, 1.82) is 0 Å². The van der Waals surface area contributed by atoms with Crippen LogP contribution >= 0.6 is 0 Å². The summed E-state index contributed by atoms with van der Waals surface area (Å²) in [7, 11) is 1.64. The fourth-order valence-corrected chi connectivity index (χ4v) is 2.86. The van der Waals surface area contributed by atoms with Crippen LogP contribution in [0.4, 0.5) is 0 Å². The Kier molecular flexibility index (Phi) is 5.99. The van der Waals surface area contributed by atoms with Crippen LogP contribution in [0.1, 0.15) is 22.6 Å². The summed E-state index contributed by atoms with van der Waals surface area (Å²) in [4.78, 5) is 16.9. The third-order valence-electron chi connectivity index (χ3n) is 4.33. The number of carbonyl (C=O) groups excluding carboxylic acids is 1. The van der Waals surface area contributed by atoms with Crippen LogP contribution < -0.4 is 10.1 Å². The summed E-state index contributed by atoms with van der Waals surface area (Å²) in [5, 5.41) is 3.06. The molecule has 4 nitrogen and oxygen atoms in total. The minimum atomic E-state index is -0.239. The SMILES string of the molecule is COc1ccc(CNC(=O)C(Cc2ccncc2)c2ccccc2)cc1. The summed E-state index contributed by atoms with van der Waals surface area (Å²) in [6, 6.07) is 21.5. The van der Waals surface area contributed by atoms with Crippen LogP contribution in [0.2, 0.25) is 0 Å². The van der Waals surface area contributed by atoms with Crippen molar-refractivity contribution in [2.75, 3.05) is 7.11 Å². The molecule has 0 saturated heterocycles. The number of amides is 1. The van der Waals surface area contributed by atoms with Gasteiger partial charge in [0.15, 0.2) is 0 Å². The number of hydrogen-bond donors (Lipinski definition) is 1. The van der Waals surface area contributed by atoms with E-state index in [2.05, 4.69) is 10.3 Å². The standard InChI is InChI=1S/C22H22N2O2/c1-26-20-9-7-18(8-10-20)16-24-22(25)21(19-5-3-2-4-6-19)15-17-11-13-23-14-12-17/h2-14,21H,15-16H2,1H3,(H,24,25). The van der Waals surface area contributed by atoms with Crippen LogP contribution in [0.25, 0.3) is 0 Å². The molecule has 0 bridgehead atoms. The molecule has 1 heterocycles.